The van der Waals surface area contributed by atoms with Gasteiger partial charge in [0.2, 0.25) is 0 Å². The van der Waals surface area contributed by atoms with E-state index in [-0.39, 0.29) is 12.8 Å². The molecule has 0 rings (SSSR count). The van der Waals surface area contributed by atoms with E-state index in [4.69, 9.17) is 5.11 Å². The van der Waals surface area contributed by atoms with Crippen LogP contribution in [0.15, 0.2) is 0 Å². The number of aliphatic hydroxyl groups excluding tert-OH is 1. The smallest absolute Gasteiger partial charge is 0.387 e. The van der Waals surface area contributed by atoms with Crippen LogP contribution in [0.3, 0.4) is 0 Å². The predicted octanol–water partition coefficient (Wildman–Crippen LogP) is 7.72. The van der Waals surface area contributed by atoms with Crippen LogP contribution in [0, 0.1) is 0 Å². The Kier molecular flexibility index (Phi) is 9.32. The predicted molar refractivity (Wildman–Crippen MR) is 80.1 cm³/mol. The minimum atomic E-state index is -8.66. The number of unbranched alkanes of at least 4 members (excludes halogenated alkanes) is 4. The molecule has 34 heavy (non-hydrogen) atoms. The molecule has 0 aromatic rings. The van der Waals surface area contributed by atoms with E-state index >= 15 is 0 Å². The summed E-state index contributed by atoms with van der Waals surface area (Å²) in [6.45, 7) is 1.66. The quantitative estimate of drug-likeness (QED) is 0.185. The van der Waals surface area contributed by atoms with Gasteiger partial charge in [0.25, 0.3) is 0 Å². The fourth-order valence-corrected chi connectivity index (χ4v) is 2.51. The first-order valence-corrected chi connectivity index (χ1v) is 9.12. The van der Waals surface area contributed by atoms with Crippen LogP contribution in [0.5, 0.6) is 0 Å². The van der Waals surface area contributed by atoms with Crippen molar-refractivity contribution in [2.75, 3.05) is 0 Å². The van der Waals surface area contributed by atoms with Gasteiger partial charge in [-0.1, -0.05) is 39.0 Å². The molecule has 1 atom stereocenters. The lowest BCUT2D eigenvalue weighted by Gasteiger charge is -2.43. The summed E-state index contributed by atoms with van der Waals surface area (Å²) < 4.78 is 223. The molecule has 206 valence electrons. The topological polar surface area (TPSA) is 20.2 Å². The van der Waals surface area contributed by atoms with Crippen molar-refractivity contribution in [3.8, 4) is 0 Å². The van der Waals surface area contributed by atoms with Crippen molar-refractivity contribution in [2.45, 2.75) is 99.2 Å². The maximum atomic E-state index is 13.7. The molecule has 1 nitrogen and oxygen atoms in total. The van der Waals surface area contributed by atoms with Crippen LogP contribution < -0.4 is 0 Å². The molecule has 0 fully saturated rings. The Morgan fingerprint density at radius 3 is 1.15 bits per heavy atom. The first kappa shape index (κ1) is 32.8. The van der Waals surface area contributed by atoms with Crippen molar-refractivity contribution in [1.82, 2.24) is 0 Å². The van der Waals surface area contributed by atoms with Crippen molar-refractivity contribution < 1.29 is 79.7 Å². The van der Waals surface area contributed by atoms with E-state index in [1.165, 1.54) is 0 Å². The minimum absolute atomic E-state index is 0.0874. The number of hydrogen-bond donors (Lipinski definition) is 1. The zero-order chi connectivity index (χ0) is 27.8. The van der Waals surface area contributed by atoms with Crippen molar-refractivity contribution >= 4 is 0 Å². The molecule has 0 saturated heterocycles. The van der Waals surface area contributed by atoms with E-state index in [1.807, 2.05) is 0 Å². The van der Waals surface area contributed by atoms with E-state index < -0.39 is 66.6 Å². The fraction of sp³-hybridized carbons (Fsp3) is 1.00. The van der Waals surface area contributed by atoms with Crippen LogP contribution >= 0.6 is 0 Å². The highest BCUT2D eigenvalue weighted by Crippen LogP contribution is 2.64. The van der Waals surface area contributed by atoms with E-state index in [0.717, 1.165) is 0 Å². The Bertz CT molecular complexity index is 667. The van der Waals surface area contributed by atoms with Crippen molar-refractivity contribution in [3.05, 3.63) is 0 Å². The van der Waals surface area contributed by atoms with Gasteiger partial charge in [0.15, 0.2) is 0 Å². The summed E-state index contributed by atoms with van der Waals surface area (Å²) in [6, 6.07) is 0. The van der Waals surface area contributed by atoms with Crippen LogP contribution in [0.4, 0.5) is 74.6 Å². The van der Waals surface area contributed by atoms with Gasteiger partial charge in [0, 0.05) is 0 Å². The lowest BCUT2D eigenvalue weighted by atomic mass is 9.87. The minimum Gasteiger partial charge on any atom is -0.387 e. The molecular weight excluding hydrogens is 531 g/mol. The highest BCUT2D eigenvalue weighted by atomic mass is 19.4. The summed E-state index contributed by atoms with van der Waals surface area (Å²) in [4.78, 5) is 0. The molecule has 0 aliphatic rings. The molecule has 18 heteroatoms. The zero-order valence-electron chi connectivity index (χ0n) is 16.7. The Balaban J connectivity index is 6.30. The molecule has 0 aliphatic heterocycles. The number of halogens is 17. The summed E-state index contributed by atoms with van der Waals surface area (Å²) in [5.41, 5.74) is 0. The van der Waals surface area contributed by atoms with Crippen molar-refractivity contribution in [1.29, 1.82) is 0 Å². The van der Waals surface area contributed by atoms with Crippen LogP contribution in [0.2, 0.25) is 0 Å². The zero-order valence-corrected chi connectivity index (χ0v) is 16.7. The lowest BCUT2D eigenvalue weighted by Crippen LogP contribution is -2.75. The molecule has 0 radical (unpaired) electrons. The maximum absolute atomic E-state index is 13.7. The molecule has 1 unspecified atom stereocenters. The Hall–Kier alpha value is -1.23. The third-order valence-electron chi connectivity index (χ3n) is 4.75. The monoisotopic (exact) mass is 548 g/mol. The molecule has 0 aromatic carbocycles. The molecule has 0 amide bonds. The second kappa shape index (κ2) is 9.67. The van der Waals surface area contributed by atoms with Gasteiger partial charge in [-0.2, -0.15) is 74.6 Å². The standard InChI is InChI=1S/C16H17F17O/c1-2-3-4-5-6-7-8(34)9(17,18)10(19,20)11(21,22)12(23,24)13(25,26)14(27,28)15(29,30)16(31,32)33/h8,34H,2-7H2,1H3. The van der Waals surface area contributed by atoms with Gasteiger partial charge >= 0.3 is 47.6 Å². The highest BCUT2D eigenvalue weighted by molar-refractivity contribution is 5.15. The van der Waals surface area contributed by atoms with Crippen molar-refractivity contribution in [2.24, 2.45) is 0 Å². The average molecular weight is 548 g/mol. The second-order valence-electron chi connectivity index (χ2n) is 7.29. The van der Waals surface area contributed by atoms with Crippen LogP contribution in [0.1, 0.15) is 45.4 Å². The summed E-state index contributed by atoms with van der Waals surface area (Å²) in [5, 5.41) is 9.08. The number of alkyl halides is 17. The van der Waals surface area contributed by atoms with Crippen LogP contribution in [-0.2, 0) is 0 Å². The molecule has 0 heterocycles. The number of hydrogen-bond acceptors (Lipinski definition) is 1. The third-order valence-corrected chi connectivity index (χ3v) is 4.75. The second-order valence-corrected chi connectivity index (χ2v) is 7.29. The van der Waals surface area contributed by atoms with Gasteiger partial charge in [0.1, 0.15) is 6.10 Å². The van der Waals surface area contributed by atoms with Gasteiger partial charge in [-0.05, 0) is 6.42 Å². The Labute approximate surface area is 180 Å². The van der Waals surface area contributed by atoms with Crippen LogP contribution in [0.25, 0.3) is 0 Å². The lowest BCUT2D eigenvalue weighted by molar-refractivity contribution is -0.464. The molecule has 0 aliphatic carbocycles. The molecule has 1 N–H and O–H groups in total. The Morgan fingerprint density at radius 1 is 0.471 bits per heavy atom. The number of rotatable bonds is 13. The molecule has 0 aromatic heterocycles. The van der Waals surface area contributed by atoms with Gasteiger partial charge < -0.3 is 5.11 Å². The normalized spacial score (nSPS) is 16.7. The molecular formula is C16H17F17O. The number of aliphatic hydroxyl groups is 1. The van der Waals surface area contributed by atoms with E-state index in [9.17, 15) is 74.6 Å². The molecule has 0 spiro atoms. The summed E-state index contributed by atoms with van der Waals surface area (Å²) in [5.74, 6) is -56.9. The van der Waals surface area contributed by atoms with Gasteiger partial charge in [-0.15, -0.1) is 0 Å². The van der Waals surface area contributed by atoms with Gasteiger partial charge in [0.05, 0.1) is 0 Å². The summed E-state index contributed by atoms with van der Waals surface area (Å²) in [7, 11) is 0. The fourth-order valence-electron chi connectivity index (χ4n) is 2.51. The SMILES string of the molecule is CCCCCCCC(O)C(F)(F)C(F)(F)C(F)(F)C(F)(F)C(F)(F)C(F)(F)C(F)(F)C(F)(F)F. The maximum Gasteiger partial charge on any atom is 0.460 e. The van der Waals surface area contributed by atoms with Crippen LogP contribution in [-0.4, -0.2) is 58.8 Å². The molecule has 0 saturated carbocycles. The van der Waals surface area contributed by atoms with E-state index in [0.29, 0.717) is 12.8 Å². The first-order chi connectivity index (χ1) is 14.7. The highest BCUT2D eigenvalue weighted by Gasteiger charge is 2.95. The van der Waals surface area contributed by atoms with Gasteiger partial charge in [-0.25, -0.2) is 0 Å². The molecule has 0 bridgehead atoms. The average Bonchev–Trinajstić information content (AvgIpc) is 2.65. The summed E-state index contributed by atoms with van der Waals surface area (Å²) in [6.07, 6.45) is -12.7. The summed E-state index contributed by atoms with van der Waals surface area (Å²) >= 11 is 0. The largest absolute Gasteiger partial charge is 0.460 e. The van der Waals surface area contributed by atoms with Gasteiger partial charge in [-0.3, -0.25) is 0 Å². The van der Waals surface area contributed by atoms with Crippen molar-refractivity contribution in [3.63, 3.8) is 0 Å². The Morgan fingerprint density at radius 2 is 0.794 bits per heavy atom. The van der Waals surface area contributed by atoms with E-state index in [1.54, 1.807) is 6.92 Å². The third kappa shape index (κ3) is 4.88. The van der Waals surface area contributed by atoms with E-state index in [2.05, 4.69) is 0 Å². The first-order valence-electron chi connectivity index (χ1n) is 9.12.